The molecule has 74 valence electrons. The van der Waals surface area contributed by atoms with Crippen molar-refractivity contribution in [2.24, 2.45) is 0 Å². The van der Waals surface area contributed by atoms with Gasteiger partial charge in [0, 0.05) is 24.1 Å². The third kappa shape index (κ3) is 4.56. The van der Waals surface area contributed by atoms with E-state index in [1.54, 1.807) is 0 Å². The summed E-state index contributed by atoms with van der Waals surface area (Å²) in [6, 6.07) is 8.12. The van der Waals surface area contributed by atoms with Gasteiger partial charge < -0.3 is 0 Å². The fourth-order valence-electron chi connectivity index (χ4n) is 1.01. The molecule has 0 saturated heterocycles. The molecule has 0 aromatic heterocycles. The van der Waals surface area contributed by atoms with Crippen LogP contribution in [-0.4, -0.2) is 19.6 Å². The Morgan fingerprint density at radius 2 is 2.00 bits per heavy atom. The molecule has 3 heteroatoms. The van der Waals surface area contributed by atoms with Crippen molar-refractivity contribution in [1.82, 2.24) is 11.1 Å². The average molecular weight is 253 g/mol. The van der Waals surface area contributed by atoms with E-state index in [2.05, 4.69) is 21.2 Å². The van der Waals surface area contributed by atoms with Gasteiger partial charge in [-0.15, -0.1) is 0 Å². The van der Waals surface area contributed by atoms with E-state index < -0.39 is 0 Å². The third-order valence-electron chi connectivity index (χ3n) is 1.68. The van der Waals surface area contributed by atoms with Crippen LogP contribution >= 0.6 is 15.9 Å². The normalized spacial score (nSPS) is 11.0. The molecular formula is C11H13BrN2. The van der Waals surface area contributed by atoms with Gasteiger partial charge in [0.05, 0.1) is 0 Å². The van der Waals surface area contributed by atoms with Gasteiger partial charge in [-0.05, 0) is 17.7 Å². The second-order valence-corrected chi connectivity index (χ2v) is 3.75. The van der Waals surface area contributed by atoms with Gasteiger partial charge in [-0.1, -0.05) is 40.2 Å². The summed E-state index contributed by atoms with van der Waals surface area (Å²) >= 11 is 3.38. The molecule has 0 aliphatic carbocycles. The summed E-state index contributed by atoms with van der Waals surface area (Å²) in [5, 5.41) is 4.14. The summed E-state index contributed by atoms with van der Waals surface area (Å²) in [6.07, 6.45) is 4.05. The molecule has 1 N–H and O–H groups in total. The number of hydrogen-bond donors (Lipinski definition) is 0. The molecule has 1 aromatic carbocycles. The SMILES string of the molecule is [NH]CC[N]CC=Cc1ccc(Br)cc1. The van der Waals surface area contributed by atoms with Gasteiger partial charge in [-0.2, -0.15) is 0 Å². The molecule has 2 radical (unpaired) electrons. The van der Waals surface area contributed by atoms with Gasteiger partial charge >= 0.3 is 0 Å². The van der Waals surface area contributed by atoms with E-state index >= 15 is 0 Å². The minimum Gasteiger partial charge on any atom is -0.256 e. The summed E-state index contributed by atoms with van der Waals surface area (Å²) in [4.78, 5) is 0. The number of hydrogen-bond acceptors (Lipinski definition) is 0. The first-order valence-corrected chi connectivity index (χ1v) is 5.32. The molecule has 0 atom stereocenters. The van der Waals surface area contributed by atoms with Crippen LogP contribution in [0.1, 0.15) is 5.56 Å². The minimum absolute atomic E-state index is 0.381. The predicted molar refractivity (Wildman–Crippen MR) is 63.0 cm³/mol. The summed E-state index contributed by atoms with van der Waals surface area (Å²) in [5.41, 5.74) is 8.08. The third-order valence-corrected chi connectivity index (χ3v) is 2.21. The van der Waals surface area contributed by atoms with Crippen LogP contribution in [0.2, 0.25) is 0 Å². The van der Waals surface area contributed by atoms with E-state index in [4.69, 9.17) is 5.73 Å². The molecule has 0 aliphatic rings. The molecular weight excluding hydrogens is 240 g/mol. The fourth-order valence-corrected chi connectivity index (χ4v) is 1.27. The highest BCUT2D eigenvalue weighted by Gasteiger charge is 1.87. The maximum atomic E-state index is 6.90. The largest absolute Gasteiger partial charge is 0.256 e. The maximum Gasteiger partial charge on any atom is 0.0318 e. The van der Waals surface area contributed by atoms with E-state index in [1.165, 1.54) is 5.56 Å². The Bertz CT molecular complexity index is 280. The first kappa shape index (κ1) is 11.4. The van der Waals surface area contributed by atoms with Crippen molar-refractivity contribution >= 4 is 22.0 Å². The summed E-state index contributed by atoms with van der Waals surface area (Å²) in [6.45, 7) is 1.71. The van der Waals surface area contributed by atoms with Crippen LogP contribution in [0, 0.1) is 0 Å². The average Bonchev–Trinajstić information content (AvgIpc) is 2.21. The van der Waals surface area contributed by atoms with Crippen LogP contribution in [0.25, 0.3) is 6.08 Å². The molecule has 0 fully saturated rings. The Morgan fingerprint density at radius 1 is 1.29 bits per heavy atom. The van der Waals surface area contributed by atoms with Gasteiger partial charge in [0.15, 0.2) is 0 Å². The standard InChI is InChI=1S/C11H13BrN2/c12-11-5-3-10(4-6-11)2-1-8-14-9-7-13/h1-6,13H,7-9H2. The zero-order valence-corrected chi connectivity index (χ0v) is 9.50. The molecule has 14 heavy (non-hydrogen) atoms. The maximum absolute atomic E-state index is 6.90. The van der Waals surface area contributed by atoms with Crippen molar-refractivity contribution in [2.75, 3.05) is 19.6 Å². The van der Waals surface area contributed by atoms with Crippen molar-refractivity contribution in [1.29, 1.82) is 0 Å². The van der Waals surface area contributed by atoms with Crippen molar-refractivity contribution in [3.63, 3.8) is 0 Å². The highest BCUT2D eigenvalue weighted by Crippen LogP contribution is 2.11. The first-order valence-electron chi connectivity index (χ1n) is 4.53. The number of benzene rings is 1. The quantitative estimate of drug-likeness (QED) is 0.722. The number of nitrogens with one attached hydrogen (secondary N) is 1. The zero-order chi connectivity index (χ0) is 10.2. The van der Waals surface area contributed by atoms with E-state index in [0.29, 0.717) is 19.6 Å². The Morgan fingerprint density at radius 3 is 2.64 bits per heavy atom. The predicted octanol–water partition coefficient (Wildman–Crippen LogP) is 2.35. The van der Waals surface area contributed by atoms with Crippen LogP contribution in [0.5, 0.6) is 0 Å². The van der Waals surface area contributed by atoms with E-state index in [9.17, 15) is 0 Å². The molecule has 1 aromatic rings. The van der Waals surface area contributed by atoms with Crippen LogP contribution in [-0.2, 0) is 0 Å². The summed E-state index contributed by atoms with van der Waals surface area (Å²) in [7, 11) is 0. The highest BCUT2D eigenvalue weighted by atomic mass is 79.9. The summed E-state index contributed by atoms with van der Waals surface area (Å²) < 4.78 is 1.09. The zero-order valence-electron chi connectivity index (χ0n) is 7.91. The van der Waals surface area contributed by atoms with E-state index in [0.717, 1.165) is 4.47 Å². The molecule has 1 rings (SSSR count). The monoisotopic (exact) mass is 252 g/mol. The molecule has 0 aliphatic heterocycles. The lowest BCUT2D eigenvalue weighted by Gasteiger charge is -1.95. The molecule has 0 amide bonds. The fraction of sp³-hybridized carbons (Fsp3) is 0.273. The van der Waals surface area contributed by atoms with Gasteiger partial charge in [0.25, 0.3) is 0 Å². The second-order valence-electron chi connectivity index (χ2n) is 2.83. The lowest BCUT2D eigenvalue weighted by atomic mass is 10.2. The van der Waals surface area contributed by atoms with Crippen LogP contribution < -0.4 is 11.1 Å². The number of nitrogens with zero attached hydrogens (tertiary/aromatic N) is 1. The van der Waals surface area contributed by atoms with Gasteiger partial charge in [-0.25, -0.2) is 5.32 Å². The smallest absolute Gasteiger partial charge is 0.0318 e. The Balaban J connectivity index is 2.33. The van der Waals surface area contributed by atoms with Crippen molar-refractivity contribution < 1.29 is 0 Å². The molecule has 0 unspecified atom stereocenters. The summed E-state index contributed by atoms with van der Waals surface area (Å²) in [5.74, 6) is 0. The van der Waals surface area contributed by atoms with Gasteiger partial charge in [0.2, 0.25) is 0 Å². The number of halogens is 1. The molecule has 0 heterocycles. The van der Waals surface area contributed by atoms with E-state index in [-0.39, 0.29) is 0 Å². The minimum atomic E-state index is 0.381. The lowest BCUT2D eigenvalue weighted by molar-refractivity contribution is 0.731. The second kappa shape index (κ2) is 6.76. The molecule has 0 bridgehead atoms. The van der Waals surface area contributed by atoms with E-state index in [1.807, 2.05) is 36.4 Å². The van der Waals surface area contributed by atoms with Gasteiger partial charge in [0.1, 0.15) is 0 Å². The molecule has 0 spiro atoms. The van der Waals surface area contributed by atoms with Gasteiger partial charge in [-0.3, -0.25) is 5.73 Å². The topological polar surface area (TPSA) is 37.9 Å². The van der Waals surface area contributed by atoms with Crippen LogP contribution in [0.4, 0.5) is 0 Å². The van der Waals surface area contributed by atoms with Crippen molar-refractivity contribution in [2.45, 2.75) is 0 Å². The lowest BCUT2D eigenvalue weighted by Crippen LogP contribution is -2.10. The van der Waals surface area contributed by atoms with Crippen molar-refractivity contribution in [3.8, 4) is 0 Å². The highest BCUT2D eigenvalue weighted by molar-refractivity contribution is 9.10. The molecule has 2 nitrogen and oxygen atoms in total. The van der Waals surface area contributed by atoms with Crippen molar-refractivity contribution in [3.05, 3.63) is 40.4 Å². The Hall–Kier alpha value is -0.640. The Labute approximate surface area is 93.3 Å². The number of rotatable bonds is 5. The Kier molecular flexibility index (Phi) is 5.52. The molecule has 0 saturated carbocycles. The van der Waals surface area contributed by atoms with Crippen LogP contribution in [0.3, 0.4) is 0 Å². The van der Waals surface area contributed by atoms with Crippen LogP contribution in [0.15, 0.2) is 34.8 Å². The first-order chi connectivity index (χ1) is 6.83.